The predicted molar refractivity (Wildman–Crippen MR) is 106 cm³/mol. The zero-order valence-electron chi connectivity index (χ0n) is 16.3. The number of rotatable bonds is 3. The standard InChI is InChI=1S/C22H23N3O4/c1-13-9-14-6-8-29-19(14)18(10-13)22(28)25-7-5-17-15(3-2-4-16(17)12-25)11-24-21(27)20(23)26/h2-4,9-10H,5-8,11-12H2,1H3,(H2,23,26)(H,24,27). The summed E-state index contributed by atoms with van der Waals surface area (Å²) in [5, 5.41) is 2.53. The van der Waals surface area contributed by atoms with Crippen molar-refractivity contribution in [1.29, 1.82) is 0 Å². The molecule has 150 valence electrons. The average Bonchev–Trinajstić information content (AvgIpc) is 3.18. The number of carbonyl (C=O) groups excluding carboxylic acids is 3. The maximum Gasteiger partial charge on any atom is 0.309 e. The molecule has 0 bridgehead atoms. The SMILES string of the molecule is Cc1cc2c(c(C(=O)N3CCc4c(CNC(=O)C(N)=O)cccc4C3)c1)OCC2. The Labute approximate surface area is 168 Å². The summed E-state index contributed by atoms with van der Waals surface area (Å²) in [6.07, 6.45) is 1.51. The second kappa shape index (κ2) is 7.58. The van der Waals surface area contributed by atoms with E-state index in [0.717, 1.165) is 34.2 Å². The van der Waals surface area contributed by atoms with Crippen molar-refractivity contribution in [2.45, 2.75) is 32.9 Å². The van der Waals surface area contributed by atoms with E-state index < -0.39 is 11.8 Å². The van der Waals surface area contributed by atoms with E-state index in [0.29, 0.717) is 37.4 Å². The van der Waals surface area contributed by atoms with Crippen LogP contribution in [0.4, 0.5) is 0 Å². The highest BCUT2D eigenvalue weighted by atomic mass is 16.5. The van der Waals surface area contributed by atoms with Crippen molar-refractivity contribution in [3.05, 3.63) is 63.7 Å². The fraction of sp³-hybridized carbons (Fsp3) is 0.318. The third-order valence-electron chi connectivity index (χ3n) is 5.47. The molecule has 2 aromatic carbocycles. The third kappa shape index (κ3) is 3.68. The summed E-state index contributed by atoms with van der Waals surface area (Å²) in [5.41, 5.74) is 10.9. The first-order valence-corrected chi connectivity index (χ1v) is 9.67. The molecule has 2 heterocycles. The van der Waals surface area contributed by atoms with Gasteiger partial charge < -0.3 is 20.7 Å². The van der Waals surface area contributed by atoms with Crippen molar-refractivity contribution in [1.82, 2.24) is 10.2 Å². The van der Waals surface area contributed by atoms with Gasteiger partial charge in [-0.15, -0.1) is 0 Å². The first-order chi connectivity index (χ1) is 13.9. The van der Waals surface area contributed by atoms with E-state index in [9.17, 15) is 14.4 Å². The number of nitrogens with two attached hydrogens (primary N) is 1. The number of nitrogens with zero attached hydrogens (tertiary/aromatic N) is 1. The highest BCUT2D eigenvalue weighted by Crippen LogP contribution is 2.33. The Hall–Kier alpha value is -3.35. The second-order valence-electron chi connectivity index (χ2n) is 7.48. The highest BCUT2D eigenvalue weighted by Gasteiger charge is 2.28. The lowest BCUT2D eigenvalue weighted by atomic mass is 9.93. The number of carbonyl (C=O) groups is 3. The second-order valence-corrected chi connectivity index (χ2v) is 7.48. The molecule has 0 unspecified atom stereocenters. The van der Waals surface area contributed by atoms with E-state index in [4.69, 9.17) is 10.5 Å². The number of fused-ring (bicyclic) bond motifs is 2. The molecule has 2 aromatic rings. The fourth-order valence-corrected chi connectivity index (χ4v) is 4.09. The van der Waals surface area contributed by atoms with Crippen LogP contribution in [0.25, 0.3) is 0 Å². The number of hydrogen-bond donors (Lipinski definition) is 2. The van der Waals surface area contributed by atoms with Crippen molar-refractivity contribution >= 4 is 17.7 Å². The normalized spacial score (nSPS) is 14.6. The predicted octanol–water partition coefficient (Wildman–Crippen LogP) is 1.23. The molecule has 0 aromatic heterocycles. The van der Waals surface area contributed by atoms with Crippen molar-refractivity contribution in [3.63, 3.8) is 0 Å². The quantitative estimate of drug-likeness (QED) is 0.766. The van der Waals surface area contributed by atoms with Gasteiger partial charge in [0.15, 0.2) is 0 Å². The monoisotopic (exact) mass is 393 g/mol. The maximum absolute atomic E-state index is 13.2. The molecule has 0 saturated carbocycles. The van der Waals surface area contributed by atoms with Gasteiger partial charge in [-0.2, -0.15) is 0 Å². The molecule has 0 atom stereocenters. The topological polar surface area (TPSA) is 102 Å². The molecule has 0 aliphatic carbocycles. The van der Waals surface area contributed by atoms with Crippen LogP contribution in [0.2, 0.25) is 0 Å². The molecule has 3 amide bonds. The van der Waals surface area contributed by atoms with Gasteiger partial charge in [-0.25, -0.2) is 0 Å². The van der Waals surface area contributed by atoms with Crippen molar-refractivity contribution < 1.29 is 19.1 Å². The van der Waals surface area contributed by atoms with Gasteiger partial charge >= 0.3 is 11.8 Å². The zero-order valence-corrected chi connectivity index (χ0v) is 16.3. The van der Waals surface area contributed by atoms with Crippen LogP contribution in [0, 0.1) is 6.92 Å². The van der Waals surface area contributed by atoms with Gasteiger partial charge in [0.2, 0.25) is 0 Å². The molecule has 4 rings (SSSR count). The molecule has 29 heavy (non-hydrogen) atoms. The Kier molecular flexibility index (Phi) is 4.96. The lowest BCUT2D eigenvalue weighted by Crippen LogP contribution is -2.38. The van der Waals surface area contributed by atoms with Gasteiger partial charge in [-0.05, 0) is 47.2 Å². The van der Waals surface area contributed by atoms with Crippen LogP contribution in [-0.2, 0) is 35.5 Å². The first-order valence-electron chi connectivity index (χ1n) is 9.67. The van der Waals surface area contributed by atoms with Gasteiger partial charge in [0.25, 0.3) is 5.91 Å². The highest BCUT2D eigenvalue weighted by molar-refractivity contribution is 6.34. The Bertz CT molecular complexity index is 1020. The summed E-state index contributed by atoms with van der Waals surface area (Å²) in [6, 6.07) is 9.78. The summed E-state index contributed by atoms with van der Waals surface area (Å²) in [4.78, 5) is 37.4. The number of ether oxygens (including phenoxy) is 1. The molecular weight excluding hydrogens is 370 g/mol. The minimum atomic E-state index is -1.00. The molecule has 7 nitrogen and oxygen atoms in total. The zero-order chi connectivity index (χ0) is 20.5. The van der Waals surface area contributed by atoms with Crippen molar-refractivity contribution in [3.8, 4) is 5.75 Å². The summed E-state index contributed by atoms with van der Waals surface area (Å²) >= 11 is 0. The van der Waals surface area contributed by atoms with Gasteiger partial charge in [0.1, 0.15) is 5.75 Å². The van der Waals surface area contributed by atoms with E-state index in [1.165, 1.54) is 0 Å². The third-order valence-corrected chi connectivity index (χ3v) is 5.47. The summed E-state index contributed by atoms with van der Waals surface area (Å²) < 4.78 is 5.73. The molecule has 0 saturated heterocycles. The van der Waals surface area contributed by atoms with Crippen LogP contribution < -0.4 is 15.8 Å². The van der Waals surface area contributed by atoms with Crippen LogP contribution >= 0.6 is 0 Å². The lowest BCUT2D eigenvalue weighted by molar-refractivity contribution is -0.137. The number of hydrogen-bond acceptors (Lipinski definition) is 4. The van der Waals surface area contributed by atoms with E-state index >= 15 is 0 Å². The lowest BCUT2D eigenvalue weighted by Gasteiger charge is -2.30. The smallest absolute Gasteiger partial charge is 0.309 e. The van der Waals surface area contributed by atoms with Crippen LogP contribution in [0.15, 0.2) is 30.3 Å². The van der Waals surface area contributed by atoms with Crippen LogP contribution in [0.1, 0.15) is 38.2 Å². The minimum Gasteiger partial charge on any atom is -0.492 e. The summed E-state index contributed by atoms with van der Waals surface area (Å²) in [7, 11) is 0. The maximum atomic E-state index is 13.2. The summed E-state index contributed by atoms with van der Waals surface area (Å²) in [6.45, 7) is 3.91. The first kappa shape index (κ1) is 19.0. The van der Waals surface area contributed by atoms with Crippen LogP contribution in [-0.4, -0.2) is 35.8 Å². The van der Waals surface area contributed by atoms with Gasteiger partial charge in [0, 0.05) is 26.1 Å². The Morgan fingerprint density at radius 3 is 2.79 bits per heavy atom. The molecule has 2 aliphatic heterocycles. The molecule has 2 aliphatic rings. The molecular formula is C22H23N3O4. The Morgan fingerprint density at radius 1 is 1.17 bits per heavy atom. The number of amides is 3. The van der Waals surface area contributed by atoms with Crippen molar-refractivity contribution in [2.24, 2.45) is 5.73 Å². The number of primary amides is 1. The largest absolute Gasteiger partial charge is 0.492 e. The summed E-state index contributed by atoms with van der Waals surface area (Å²) in [5.74, 6) is -1.11. The van der Waals surface area contributed by atoms with Gasteiger partial charge in [-0.3, -0.25) is 14.4 Å². The van der Waals surface area contributed by atoms with Gasteiger partial charge in [-0.1, -0.05) is 24.3 Å². The Morgan fingerprint density at radius 2 is 2.00 bits per heavy atom. The van der Waals surface area contributed by atoms with Gasteiger partial charge in [0.05, 0.1) is 12.2 Å². The Balaban J connectivity index is 1.54. The van der Waals surface area contributed by atoms with Crippen molar-refractivity contribution in [2.75, 3.05) is 13.2 Å². The molecule has 7 heteroatoms. The van der Waals surface area contributed by atoms with E-state index in [1.54, 1.807) is 0 Å². The van der Waals surface area contributed by atoms with Crippen LogP contribution in [0.5, 0.6) is 5.75 Å². The molecule has 0 fully saturated rings. The molecule has 0 radical (unpaired) electrons. The number of aryl methyl sites for hydroxylation is 1. The minimum absolute atomic E-state index is 0.0232. The number of benzene rings is 2. The van der Waals surface area contributed by atoms with Crippen LogP contribution in [0.3, 0.4) is 0 Å². The van der Waals surface area contributed by atoms with E-state index in [1.807, 2.05) is 36.1 Å². The van der Waals surface area contributed by atoms with E-state index in [-0.39, 0.29) is 12.5 Å². The fourth-order valence-electron chi connectivity index (χ4n) is 4.09. The van der Waals surface area contributed by atoms with E-state index in [2.05, 4.69) is 11.4 Å². The molecule has 0 spiro atoms. The molecule has 3 N–H and O–H groups in total. The average molecular weight is 393 g/mol. The number of nitrogens with one attached hydrogen (secondary N) is 1.